The van der Waals surface area contributed by atoms with E-state index in [0.717, 1.165) is 0 Å². The zero-order valence-corrected chi connectivity index (χ0v) is 17.0. The lowest BCUT2D eigenvalue weighted by molar-refractivity contribution is -0.127. The third kappa shape index (κ3) is 5.18. The zero-order chi connectivity index (χ0) is 20.1. The Morgan fingerprint density at radius 2 is 1.93 bits per heavy atom. The van der Waals surface area contributed by atoms with Crippen molar-refractivity contribution in [3.63, 3.8) is 0 Å². The third-order valence-electron chi connectivity index (χ3n) is 3.72. The summed E-state index contributed by atoms with van der Waals surface area (Å²) in [4.78, 5) is 13.7. The van der Waals surface area contributed by atoms with Crippen molar-refractivity contribution in [3.8, 4) is 0 Å². The minimum atomic E-state index is -0.451. The van der Waals surface area contributed by atoms with Gasteiger partial charge in [-0.25, -0.2) is 8.78 Å². The molecule has 3 aromatic rings. The van der Waals surface area contributed by atoms with Crippen LogP contribution in [0.3, 0.4) is 0 Å². The molecule has 0 atom stereocenters. The van der Waals surface area contributed by atoms with Crippen LogP contribution in [0, 0.1) is 11.6 Å². The van der Waals surface area contributed by atoms with Crippen molar-refractivity contribution in [2.45, 2.75) is 10.9 Å². The first-order valence-corrected chi connectivity index (χ1v) is 10.3. The summed E-state index contributed by atoms with van der Waals surface area (Å²) in [6, 6.07) is 10.6. The highest BCUT2D eigenvalue weighted by atomic mass is 35.5. The van der Waals surface area contributed by atoms with Gasteiger partial charge in [0.05, 0.1) is 11.4 Å². The van der Waals surface area contributed by atoms with Crippen molar-refractivity contribution >= 4 is 51.4 Å². The van der Waals surface area contributed by atoms with E-state index in [2.05, 4.69) is 15.5 Å². The van der Waals surface area contributed by atoms with Crippen molar-refractivity contribution in [2.75, 3.05) is 18.1 Å². The number of halogens is 3. The predicted octanol–water partition coefficient (Wildman–Crippen LogP) is 4.96. The molecular weight excluding hydrogens is 426 g/mol. The molecule has 1 aromatic heterocycles. The molecule has 0 saturated heterocycles. The minimum Gasteiger partial charge on any atom is -0.341 e. The number of nitrogens with one attached hydrogen (secondary N) is 1. The van der Waals surface area contributed by atoms with Crippen LogP contribution in [0.2, 0.25) is 5.02 Å². The van der Waals surface area contributed by atoms with Crippen molar-refractivity contribution < 1.29 is 13.6 Å². The molecule has 0 aliphatic carbocycles. The quantitative estimate of drug-likeness (QED) is 0.526. The minimum absolute atomic E-state index is 0.0705. The number of carbonyl (C=O) groups is 1. The molecule has 10 heteroatoms. The molecule has 1 N–H and O–H groups in total. The molecule has 1 amide bonds. The van der Waals surface area contributed by atoms with Crippen LogP contribution in [0.1, 0.15) is 5.56 Å². The number of hydrogen-bond acceptors (Lipinski definition) is 6. The molecule has 0 saturated carbocycles. The van der Waals surface area contributed by atoms with E-state index in [4.69, 9.17) is 11.6 Å². The van der Waals surface area contributed by atoms with Gasteiger partial charge in [0, 0.05) is 24.2 Å². The third-order valence-corrected chi connectivity index (χ3v) is 6.03. The molecule has 146 valence electrons. The van der Waals surface area contributed by atoms with Crippen LogP contribution in [0.25, 0.3) is 0 Å². The van der Waals surface area contributed by atoms with E-state index >= 15 is 0 Å². The maximum absolute atomic E-state index is 13.9. The number of benzene rings is 2. The molecule has 2 aromatic carbocycles. The zero-order valence-electron chi connectivity index (χ0n) is 14.7. The lowest BCUT2D eigenvalue weighted by Gasteiger charge is -2.18. The Balaban J connectivity index is 1.55. The maximum Gasteiger partial charge on any atom is 0.233 e. The van der Waals surface area contributed by atoms with Gasteiger partial charge in [-0.05, 0) is 24.3 Å². The lowest BCUT2D eigenvalue weighted by atomic mass is 10.2. The highest BCUT2D eigenvalue weighted by Gasteiger charge is 2.16. The Labute approximate surface area is 173 Å². The van der Waals surface area contributed by atoms with E-state index in [9.17, 15) is 13.6 Å². The molecule has 0 unspecified atom stereocenters. The van der Waals surface area contributed by atoms with Crippen LogP contribution in [0.15, 0.2) is 46.8 Å². The van der Waals surface area contributed by atoms with Gasteiger partial charge in [0.2, 0.25) is 11.0 Å². The fourth-order valence-corrected chi connectivity index (χ4v) is 4.17. The van der Waals surface area contributed by atoms with Gasteiger partial charge in [0.1, 0.15) is 11.6 Å². The fourth-order valence-electron chi connectivity index (χ4n) is 2.24. The van der Waals surface area contributed by atoms with Gasteiger partial charge in [-0.3, -0.25) is 4.79 Å². The number of anilines is 2. The summed E-state index contributed by atoms with van der Waals surface area (Å²) in [5, 5.41) is 11.5. The van der Waals surface area contributed by atoms with Crippen LogP contribution in [-0.4, -0.2) is 33.8 Å². The molecular formula is C18H15ClF2N4OS2. The first kappa shape index (κ1) is 20.5. The van der Waals surface area contributed by atoms with E-state index in [1.165, 1.54) is 46.2 Å². The Morgan fingerprint density at radius 1 is 1.18 bits per heavy atom. The molecule has 0 bridgehead atoms. The topological polar surface area (TPSA) is 58.1 Å². The number of para-hydroxylation sites is 1. The Hall–Kier alpha value is -2.23. The van der Waals surface area contributed by atoms with Gasteiger partial charge in [0.15, 0.2) is 4.34 Å². The largest absolute Gasteiger partial charge is 0.341 e. The first-order valence-electron chi connectivity index (χ1n) is 8.08. The molecule has 0 aliphatic heterocycles. The molecule has 0 radical (unpaired) electrons. The molecule has 0 fully saturated rings. The van der Waals surface area contributed by atoms with Crippen molar-refractivity contribution in [1.29, 1.82) is 0 Å². The molecule has 0 spiro atoms. The summed E-state index contributed by atoms with van der Waals surface area (Å²) in [7, 11) is 1.58. The van der Waals surface area contributed by atoms with Gasteiger partial charge < -0.3 is 10.2 Å². The van der Waals surface area contributed by atoms with Crippen LogP contribution in [0.4, 0.5) is 19.6 Å². The fraction of sp³-hybridized carbons (Fsp3) is 0.167. The average Bonchev–Trinajstić information content (AvgIpc) is 3.12. The molecule has 5 nitrogen and oxygen atoms in total. The van der Waals surface area contributed by atoms with Gasteiger partial charge >= 0.3 is 0 Å². The van der Waals surface area contributed by atoms with E-state index in [1.807, 2.05) is 0 Å². The van der Waals surface area contributed by atoms with Crippen molar-refractivity contribution in [2.24, 2.45) is 0 Å². The maximum atomic E-state index is 13.9. The van der Waals surface area contributed by atoms with Gasteiger partial charge in [-0.1, -0.05) is 52.9 Å². The normalized spacial score (nSPS) is 10.7. The molecule has 28 heavy (non-hydrogen) atoms. The van der Waals surface area contributed by atoms with E-state index in [0.29, 0.717) is 15.2 Å². The van der Waals surface area contributed by atoms with E-state index in [-0.39, 0.29) is 28.8 Å². The summed E-state index contributed by atoms with van der Waals surface area (Å²) in [5.74, 6) is -0.942. The molecule has 0 aliphatic rings. The number of amides is 1. The average molecular weight is 441 g/mol. The second kappa shape index (κ2) is 9.31. The summed E-state index contributed by atoms with van der Waals surface area (Å²) in [6.07, 6.45) is 0. The second-order valence-electron chi connectivity index (χ2n) is 5.72. The van der Waals surface area contributed by atoms with Crippen LogP contribution >= 0.6 is 34.7 Å². The van der Waals surface area contributed by atoms with E-state index < -0.39 is 11.6 Å². The number of rotatable bonds is 7. The number of hydrogen-bond donors (Lipinski definition) is 1. The lowest BCUT2D eigenvalue weighted by Crippen LogP contribution is -2.28. The smallest absolute Gasteiger partial charge is 0.233 e. The number of aromatic nitrogens is 2. The first-order chi connectivity index (χ1) is 13.4. The highest BCUT2D eigenvalue weighted by Crippen LogP contribution is 2.29. The number of carbonyl (C=O) groups excluding carboxylic acids is 1. The number of nitrogens with zero attached hydrogens (tertiary/aromatic N) is 3. The van der Waals surface area contributed by atoms with Crippen molar-refractivity contribution in [1.82, 2.24) is 15.1 Å². The van der Waals surface area contributed by atoms with Gasteiger partial charge in [-0.15, -0.1) is 10.2 Å². The van der Waals surface area contributed by atoms with E-state index in [1.54, 1.807) is 31.3 Å². The molecule has 3 rings (SSSR count). The summed E-state index contributed by atoms with van der Waals surface area (Å²) >= 11 is 8.41. The van der Waals surface area contributed by atoms with Crippen LogP contribution in [-0.2, 0) is 11.3 Å². The SMILES string of the molecule is CN(Cc1c(F)cccc1Cl)C(=O)CSc1nnc(Nc2ccccc2F)s1. The molecule has 1 heterocycles. The van der Waals surface area contributed by atoms with Crippen LogP contribution < -0.4 is 5.32 Å². The van der Waals surface area contributed by atoms with Gasteiger partial charge in [-0.2, -0.15) is 0 Å². The summed E-state index contributed by atoms with van der Waals surface area (Å²) in [6.45, 7) is 0.0705. The second-order valence-corrected chi connectivity index (χ2v) is 8.32. The van der Waals surface area contributed by atoms with Crippen molar-refractivity contribution in [3.05, 3.63) is 64.7 Å². The monoisotopic (exact) mass is 440 g/mol. The Morgan fingerprint density at radius 3 is 2.68 bits per heavy atom. The highest BCUT2D eigenvalue weighted by molar-refractivity contribution is 8.01. The summed E-state index contributed by atoms with van der Waals surface area (Å²) in [5.41, 5.74) is 0.574. The Kier molecular flexibility index (Phi) is 6.82. The predicted molar refractivity (Wildman–Crippen MR) is 108 cm³/mol. The number of thioether (sulfide) groups is 1. The van der Waals surface area contributed by atoms with Crippen LogP contribution in [0.5, 0.6) is 0 Å². The standard InChI is InChI=1S/C18H15ClF2N4OS2/c1-25(9-11-12(19)5-4-7-13(11)20)16(26)10-27-18-24-23-17(28-18)22-15-8-3-2-6-14(15)21/h2-8H,9-10H2,1H3,(H,22,23). The Bertz CT molecular complexity index is 965. The van der Waals surface area contributed by atoms with Gasteiger partial charge in [0.25, 0.3) is 0 Å². The summed E-state index contributed by atoms with van der Waals surface area (Å²) < 4.78 is 28.1.